The molecule has 74 valence electrons. The molecule has 0 fully saturated rings. The third-order valence-corrected chi connectivity index (χ3v) is 3.55. The first-order valence-electron chi connectivity index (χ1n) is 4.23. The van der Waals surface area contributed by atoms with Gasteiger partial charge in [0.2, 0.25) is 0 Å². The van der Waals surface area contributed by atoms with Gasteiger partial charge in [-0.25, -0.2) is 4.98 Å². The van der Waals surface area contributed by atoms with Gasteiger partial charge in [-0.1, -0.05) is 0 Å². The fraction of sp³-hybridized carbons (Fsp3) is 0.333. The first-order chi connectivity index (χ1) is 6.75. The molecule has 0 bridgehead atoms. The standard InChI is InChI=1S/C9H10N2OS2/c1-6-11-7(4-13-6)2-8(12)9-3-10-5-14-9/h3-5,8,12H,2H2,1H3. The summed E-state index contributed by atoms with van der Waals surface area (Å²) in [5.41, 5.74) is 2.68. The second-order valence-corrected chi connectivity index (χ2v) is 4.96. The predicted molar refractivity (Wildman–Crippen MR) is 57.6 cm³/mol. The van der Waals surface area contributed by atoms with E-state index in [2.05, 4.69) is 9.97 Å². The molecule has 0 radical (unpaired) electrons. The van der Waals surface area contributed by atoms with E-state index in [1.165, 1.54) is 11.3 Å². The Bertz CT molecular complexity index is 397. The Morgan fingerprint density at radius 1 is 1.50 bits per heavy atom. The maximum atomic E-state index is 9.81. The fourth-order valence-corrected chi connectivity index (χ4v) is 2.42. The molecule has 1 unspecified atom stereocenters. The van der Waals surface area contributed by atoms with Gasteiger partial charge in [-0.3, -0.25) is 4.98 Å². The molecule has 0 aliphatic heterocycles. The number of aliphatic hydroxyl groups is 1. The van der Waals surface area contributed by atoms with Crippen LogP contribution in [-0.2, 0) is 6.42 Å². The van der Waals surface area contributed by atoms with E-state index >= 15 is 0 Å². The number of aliphatic hydroxyl groups excluding tert-OH is 1. The molecule has 2 rings (SSSR count). The molecule has 2 heterocycles. The van der Waals surface area contributed by atoms with Crippen molar-refractivity contribution in [1.82, 2.24) is 9.97 Å². The minimum atomic E-state index is -0.469. The molecule has 0 aliphatic rings. The van der Waals surface area contributed by atoms with Crippen LogP contribution in [0.15, 0.2) is 17.1 Å². The summed E-state index contributed by atoms with van der Waals surface area (Å²) in [7, 11) is 0. The summed E-state index contributed by atoms with van der Waals surface area (Å²) < 4.78 is 0. The largest absolute Gasteiger partial charge is 0.387 e. The number of nitrogens with zero attached hydrogens (tertiary/aromatic N) is 2. The number of hydrogen-bond donors (Lipinski definition) is 1. The van der Waals surface area contributed by atoms with Gasteiger partial charge >= 0.3 is 0 Å². The van der Waals surface area contributed by atoms with Crippen molar-refractivity contribution in [2.45, 2.75) is 19.4 Å². The number of aryl methyl sites for hydroxylation is 1. The Hall–Kier alpha value is -0.780. The number of rotatable bonds is 3. The van der Waals surface area contributed by atoms with Crippen molar-refractivity contribution in [3.05, 3.63) is 32.7 Å². The van der Waals surface area contributed by atoms with E-state index in [-0.39, 0.29) is 0 Å². The summed E-state index contributed by atoms with van der Waals surface area (Å²) in [4.78, 5) is 9.13. The van der Waals surface area contributed by atoms with E-state index < -0.39 is 6.10 Å². The van der Waals surface area contributed by atoms with Crippen molar-refractivity contribution in [3.63, 3.8) is 0 Å². The summed E-state index contributed by atoms with van der Waals surface area (Å²) in [6, 6.07) is 0. The molecule has 1 N–H and O–H groups in total. The number of aromatic nitrogens is 2. The van der Waals surface area contributed by atoms with Crippen LogP contribution in [0, 0.1) is 6.92 Å². The molecular weight excluding hydrogens is 216 g/mol. The summed E-state index contributed by atoms with van der Waals surface area (Å²) >= 11 is 3.08. The third kappa shape index (κ3) is 2.17. The lowest BCUT2D eigenvalue weighted by Crippen LogP contribution is -1.99. The van der Waals surface area contributed by atoms with Crippen LogP contribution in [0.5, 0.6) is 0 Å². The van der Waals surface area contributed by atoms with Crippen molar-refractivity contribution < 1.29 is 5.11 Å². The summed E-state index contributed by atoms with van der Waals surface area (Å²) in [6.45, 7) is 1.97. The van der Waals surface area contributed by atoms with Crippen LogP contribution in [0.2, 0.25) is 0 Å². The molecular formula is C9H10N2OS2. The quantitative estimate of drug-likeness (QED) is 0.872. The highest BCUT2D eigenvalue weighted by Gasteiger charge is 2.11. The molecule has 0 aromatic carbocycles. The second-order valence-electron chi connectivity index (χ2n) is 2.98. The Balaban J connectivity index is 2.05. The topological polar surface area (TPSA) is 46.0 Å². The van der Waals surface area contributed by atoms with Crippen molar-refractivity contribution >= 4 is 22.7 Å². The summed E-state index contributed by atoms with van der Waals surface area (Å²) in [5, 5.41) is 12.8. The minimum absolute atomic E-state index is 0.469. The minimum Gasteiger partial charge on any atom is -0.387 e. The Morgan fingerprint density at radius 3 is 2.93 bits per heavy atom. The van der Waals surface area contributed by atoms with E-state index in [1.54, 1.807) is 23.0 Å². The zero-order chi connectivity index (χ0) is 9.97. The molecule has 0 amide bonds. The normalized spacial score (nSPS) is 13.0. The van der Waals surface area contributed by atoms with Gasteiger partial charge in [0.15, 0.2) is 0 Å². The lowest BCUT2D eigenvalue weighted by Gasteiger charge is -2.04. The maximum absolute atomic E-state index is 9.81. The molecule has 14 heavy (non-hydrogen) atoms. The Labute approximate surface area is 90.1 Å². The molecule has 0 saturated carbocycles. The highest BCUT2D eigenvalue weighted by atomic mass is 32.1. The van der Waals surface area contributed by atoms with Gasteiger partial charge in [0.1, 0.15) is 0 Å². The zero-order valence-electron chi connectivity index (χ0n) is 7.67. The first-order valence-corrected chi connectivity index (χ1v) is 5.99. The van der Waals surface area contributed by atoms with E-state index in [9.17, 15) is 5.11 Å². The van der Waals surface area contributed by atoms with Gasteiger partial charge in [0, 0.05) is 18.0 Å². The van der Waals surface area contributed by atoms with Gasteiger partial charge in [-0.05, 0) is 6.92 Å². The maximum Gasteiger partial charge on any atom is 0.0953 e. The van der Waals surface area contributed by atoms with Gasteiger partial charge in [0.05, 0.1) is 27.2 Å². The molecule has 0 aliphatic carbocycles. The molecule has 3 nitrogen and oxygen atoms in total. The average Bonchev–Trinajstić information content (AvgIpc) is 2.75. The van der Waals surface area contributed by atoms with Crippen molar-refractivity contribution in [3.8, 4) is 0 Å². The van der Waals surface area contributed by atoms with E-state index in [1.807, 2.05) is 12.3 Å². The van der Waals surface area contributed by atoms with E-state index in [4.69, 9.17) is 0 Å². The monoisotopic (exact) mass is 226 g/mol. The second kappa shape index (κ2) is 4.16. The lowest BCUT2D eigenvalue weighted by atomic mass is 10.2. The molecule has 0 saturated heterocycles. The molecule has 5 heteroatoms. The highest BCUT2D eigenvalue weighted by molar-refractivity contribution is 7.09. The smallest absolute Gasteiger partial charge is 0.0953 e. The van der Waals surface area contributed by atoms with Crippen molar-refractivity contribution in [2.75, 3.05) is 0 Å². The van der Waals surface area contributed by atoms with Crippen LogP contribution in [-0.4, -0.2) is 15.1 Å². The molecule has 2 aromatic heterocycles. The van der Waals surface area contributed by atoms with Crippen molar-refractivity contribution in [1.29, 1.82) is 0 Å². The van der Waals surface area contributed by atoms with Gasteiger partial charge in [-0.15, -0.1) is 22.7 Å². The van der Waals surface area contributed by atoms with Crippen LogP contribution in [0.4, 0.5) is 0 Å². The van der Waals surface area contributed by atoms with Crippen LogP contribution in [0.1, 0.15) is 21.7 Å². The van der Waals surface area contributed by atoms with E-state index in [0.717, 1.165) is 15.6 Å². The van der Waals surface area contributed by atoms with Crippen LogP contribution in [0.3, 0.4) is 0 Å². The first kappa shape index (κ1) is 9.76. The average molecular weight is 226 g/mol. The summed E-state index contributed by atoms with van der Waals surface area (Å²) in [6.07, 6.45) is 1.81. The van der Waals surface area contributed by atoms with Gasteiger partial charge in [-0.2, -0.15) is 0 Å². The number of hydrogen-bond acceptors (Lipinski definition) is 5. The SMILES string of the molecule is Cc1nc(CC(O)c2cncs2)cs1. The summed E-state index contributed by atoms with van der Waals surface area (Å²) in [5.74, 6) is 0. The zero-order valence-corrected chi connectivity index (χ0v) is 9.31. The fourth-order valence-electron chi connectivity index (χ4n) is 1.19. The van der Waals surface area contributed by atoms with Crippen LogP contribution in [0.25, 0.3) is 0 Å². The van der Waals surface area contributed by atoms with Crippen LogP contribution >= 0.6 is 22.7 Å². The highest BCUT2D eigenvalue weighted by Crippen LogP contribution is 2.21. The number of thiazole rings is 2. The lowest BCUT2D eigenvalue weighted by molar-refractivity contribution is 0.181. The molecule has 2 aromatic rings. The Kier molecular flexibility index (Phi) is 2.90. The third-order valence-electron chi connectivity index (χ3n) is 1.85. The van der Waals surface area contributed by atoms with E-state index in [0.29, 0.717) is 6.42 Å². The van der Waals surface area contributed by atoms with Gasteiger partial charge in [0.25, 0.3) is 0 Å². The Morgan fingerprint density at radius 2 is 2.36 bits per heavy atom. The predicted octanol–water partition coefficient (Wildman–Crippen LogP) is 2.18. The van der Waals surface area contributed by atoms with Gasteiger partial charge < -0.3 is 5.11 Å². The van der Waals surface area contributed by atoms with Crippen molar-refractivity contribution in [2.24, 2.45) is 0 Å². The molecule has 0 spiro atoms. The van der Waals surface area contributed by atoms with Crippen LogP contribution < -0.4 is 0 Å². The molecule has 1 atom stereocenters.